The molecule has 28 heavy (non-hydrogen) atoms. The summed E-state index contributed by atoms with van der Waals surface area (Å²) in [6.07, 6.45) is 2.06. The van der Waals surface area contributed by atoms with E-state index in [0.29, 0.717) is 10.6 Å². The van der Waals surface area contributed by atoms with Crippen LogP contribution in [-0.4, -0.2) is 43.3 Å². The lowest BCUT2D eigenvalue weighted by atomic mass is 9.85. The van der Waals surface area contributed by atoms with Gasteiger partial charge >= 0.3 is 5.97 Å². The number of benzene rings is 1. The summed E-state index contributed by atoms with van der Waals surface area (Å²) in [5.41, 5.74) is 2.51. The Hall–Kier alpha value is -2.38. The highest BCUT2D eigenvalue weighted by atomic mass is 32.1. The van der Waals surface area contributed by atoms with Gasteiger partial charge in [-0.1, -0.05) is 13.8 Å². The molecule has 0 unspecified atom stereocenters. The van der Waals surface area contributed by atoms with E-state index in [1.807, 2.05) is 12.1 Å². The van der Waals surface area contributed by atoms with Crippen LogP contribution in [0, 0.1) is 0 Å². The van der Waals surface area contributed by atoms with Gasteiger partial charge in [0.15, 0.2) is 0 Å². The van der Waals surface area contributed by atoms with Crippen molar-refractivity contribution in [1.82, 2.24) is 0 Å². The maximum Gasteiger partial charge on any atom is 0.339 e. The van der Waals surface area contributed by atoms with E-state index in [-0.39, 0.29) is 23.0 Å². The summed E-state index contributed by atoms with van der Waals surface area (Å²) < 4.78 is 5.28. The molecule has 1 aromatic heterocycles. The molecule has 2 aliphatic rings. The molecule has 6 nitrogen and oxygen atoms in total. The number of carboxylic acid groups (broad SMARTS) is 1. The summed E-state index contributed by atoms with van der Waals surface area (Å²) in [6.45, 7) is 5.82. The summed E-state index contributed by atoms with van der Waals surface area (Å²) in [5, 5.41) is 13.0. The number of carbonyl (C=O) groups excluding carboxylic acids is 1. The van der Waals surface area contributed by atoms with Gasteiger partial charge in [-0.3, -0.25) is 4.79 Å². The summed E-state index contributed by atoms with van der Waals surface area (Å²) in [6, 6.07) is 7.37. The smallest absolute Gasteiger partial charge is 0.339 e. The van der Waals surface area contributed by atoms with E-state index in [9.17, 15) is 14.7 Å². The second-order valence-corrected chi connectivity index (χ2v) is 9.16. The first kappa shape index (κ1) is 19.0. The molecular formula is C21H24N2O4S. The third-order valence-corrected chi connectivity index (χ3v) is 6.92. The van der Waals surface area contributed by atoms with Crippen molar-refractivity contribution in [2.75, 3.05) is 30.4 Å². The Morgan fingerprint density at radius 3 is 2.54 bits per heavy atom. The monoisotopic (exact) mass is 400 g/mol. The second-order valence-electron chi connectivity index (χ2n) is 8.06. The maximum absolute atomic E-state index is 12.7. The minimum atomic E-state index is -0.983. The molecule has 0 spiro atoms. The van der Waals surface area contributed by atoms with Gasteiger partial charge < -0.3 is 20.1 Å². The topological polar surface area (TPSA) is 78.9 Å². The van der Waals surface area contributed by atoms with E-state index in [1.165, 1.54) is 11.3 Å². The van der Waals surface area contributed by atoms with Gasteiger partial charge in [0.25, 0.3) is 5.91 Å². The highest BCUT2D eigenvalue weighted by Gasteiger charge is 2.38. The van der Waals surface area contributed by atoms with E-state index >= 15 is 0 Å². The van der Waals surface area contributed by atoms with Crippen molar-refractivity contribution >= 4 is 33.9 Å². The Labute approximate surface area is 168 Å². The molecule has 1 fully saturated rings. The minimum Gasteiger partial charge on any atom is -0.478 e. The SMILES string of the molecule is COC1CN(c2ccc(C(=O)Nc3sc4c(c3C(=O)O)C(C)(C)CC4)cc2)C1. The van der Waals surface area contributed by atoms with Crippen LogP contribution in [0.3, 0.4) is 0 Å². The number of methoxy groups -OCH3 is 1. The molecule has 4 rings (SSSR count). The number of nitrogens with one attached hydrogen (secondary N) is 1. The van der Waals surface area contributed by atoms with Gasteiger partial charge in [-0.15, -0.1) is 11.3 Å². The highest BCUT2D eigenvalue weighted by Crippen LogP contribution is 2.48. The van der Waals surface area contributed by atoms with E-state index in [4.69, 9.17) is 4.74 Å². The van der Waals surface area contributed by atoms with Gasteiger partial charge in [0.05, 0.1) is 11.7 Å². The van der Waals surface area contributed by atoms with Gasteiger partial charge in [0.2, 0.25) is 0 Å². The summed E-state index contributed by atoms with van der Waals surface area (Å²) in [5.74, 6) is -1.27. The summed E-state index contributed by atoms with van der Waals surface area (Å²) >= 11 is 1.39. The number of hydrogen-bond acceptors (Lipinski definition) is 5. The average molecular weight is 401 g/mol. The number of amides is 1. The zero-order chi connectivity index (χ0) is 20.1. The number of thiophene rings is 1. The summed E-state index contributed by atoms with van der Waals surface area (Å²) in [7, 11) is 1.71. The van der Waals surface area contributed by atoms with Crippen LogP contribution in [0.1, 0.15) is 51.4 Å². The quantitative estimate of drug-likeness (QED) is 0.799. The van der Waals surface area contributed by atoms with E-state index in [0.717, 1.165) is 42.1 Å². The Morgan fingerprint density at radius 1 is 1.25 bits per heavy atom. The van der Waals surface area contributed by atoms with Crippen LogP contribution in [0.2, 0.25) is 0 Å². The average Bonchev–Trinajstić information content (AvgIpc) is 3.12. The van der Waals surface area contributed by atoms with E-state index < -0.39 is 5.97 Å². The number of hydrogen-bond donors (Lipinski definition) is 2. The van der Waals surface area contributed by atoms with Crippen LogP contribution >= 0.6 is 11.3 Å². The first-order chi connectivity index (χ1) is 13.3. The molecule has 1 aliphatic heterocycles. The molecule has 2 aromatic rings. The molecule has 1 aromatic carbocycles. The van der Waals surface area contributed by atoms with E-state index in [2.05, 4.69) is 24.1 Å². The zero-order valence-corrected chi connectivity index (χ0v) is 17.1. The van der Waals surface area contributed by atoms with Crippen molar-refractivity contribution in [3.05, 3.63) is 45.8 Å². The largest absolute Gasteiger partial charge is 0.478 e. The number of anilines is 2. The maximum atomic E-state index is 12.7. The van der Waals surface area contributed by atoms with Gasteiger partial charge in [0, 0.05) is 36.3 Å². The molecule has 0 atom stereocenters. The fourth-order valence-corrected chi connectivity index (χ4v) is 5.38. The number of aromatic carboxylic acids is 1. The number of carbonyl (C=O) groups is 2. The van der Waals surface area contributed by atoms with Crippen LogP contribution in [0.5, 0.6) is 0 Å². The molecule has 2 heterocycles. The zero-order valence-electron chi connectivity index (χ0n) is 16.2. The molecule has 2 N–H and O–H groups in total. The first-order valence-corrected chi connectivity index (χ1v) is 10.2. The van der Waals surface area contributed by atoms with Crippen molar-refractivity contribution in [2.45, 2.75) is 38.2 Å². The number of rotatable bonds is 5. The van der Waals surface area contributed by atoms with Crippen LogP contribution in [-0.2, 0) is 16.6 Å². The number of carboxylic acids is 1. The first-order valence-electron chi connectivity index (χ1n) is 9.39. The fourth-order valence-electron chi connectivity index (χ4n) is 4.01. The van der Waals surface area contributed by atoms with Gasteiger partial charge in [-0.2, -0.15) is 0 Å². The van der Waals surface area contributed by atoms with E-state index in [1.54, 1.807) is 19.2 Å². The number of aryl methyl sites for hydroxylation is 1. The molecule has 0 radical (unpaired) electrons. The number of fused-ring (bicyclic) bond motifs is 1. The second kappa shape index (κ2) is 6.90. The predicted octanol–water partition coefficient (Wildman–Crippen LogP) is 3.76. The molecule has 148 valence electrons. The molecular weight excluding hydrogens is 376 g/mol. The van der Waals surface area contributed by atoms with Crippen molar-refractivity contribution in [3.63, 3.8) is 0 Å². The minimum absolute atomic E-state index is 0.179. The van der Waals surface area contributed by atoms with Crippen molar-refractivity contribution in [2.24, 2.45) is 0 Å². The number of nitrogens with zero attached hydrogens (tertiary/aromatic N) is 1. The van der Waals surface area contributed by atoms with Crippen molar-refractivity contribution < 1.29 is 19.4 Å². The Bertz CT molecular complexity index is 927. The standard InChI is InChI=1S/C21H24N2O4S/c1-21(2)9-8-15-17(21)16(20(25)26)19(28-15)22-18(24)12-4-6-13(7-5-12)23-10-14(11-23)27-3/h4-7,14H,8-11H2,1-3H3,(H,22,24)(H,25,26). The lowest BCUT2D eigenvalue weighted by molar-refractivity contribution is 0.0696. The molecule has 1 aliphatic carbocycles. The number of ether oxygens (including phenoxy) is 1. The molecule has 1 saturated heterocycles. The highest BCUT2D eigenvalue weighted by molar-refractivity contribution is 7.17. The lowest BCUT2D eigenvalue weighted by Gasteiger charge is -2.40. The predicted molar refractivity (Wildman–Crippen MR) is 110 cm³/mol. The van der Waals surface area contributed by atoms with Gasteiger partial charge in [0.1, 0.15) is 5.00 Å². The van der Waals surface area contributed by atoms with Gasteiger partial charge in [-0.25, -0.2) is 4.79 Å². The molecule has 1 amide bonds. The summed E-state index contributed by atoms with van der Waals surface area (Å²) in [4.78, 5) is 27.9. The normalized spacial score (nSPS) is 17.9. The third kappa shape index (κ3) is 3.18. The van der Waals surface area contributed by atoms with Crippen LogP contribution < -0.4 is 10.2 Å². The van der Waals surface area contributed by atoms with Crippen LogP contribution in [0.4, 0.5) is 10.7 Å². The van der Waals surface area contributed by atoms with Crippen LogP contribution in [0.25, 0.3) is 0 Å². The Morgan fingerprint density at radius 2 is 1.93 bits per heavy atom. The lowest BCUT2D eigenvalue weighted by Crippen LogP contribution is -2.51. The molecule has 7 heteroatoms. The third-order valence-electron chi connectivity index (χ3n) is 5.75. The van der Waals surface area contributed by atoms with Gasteiger partial charge in [-0.05, 0) is 48.1 Å². The Balaban J connectivity index is 1.52. The van der Waals surface area contributed by atoms with Crippen molar-refractivity contribution in [1.29, 1.82) is 0 Å². The van der Waals surface area contributed by atoms with Crippen LogP contribution in [0.15, 0.2) is 24.3 Å². The molecule has 0 saturated carbocycles. The Kier molecular flexibility index (Phi) is 4.67. The van der Waals surface area contributed by atoms with Crippen molar-refractivity contribution in [3.8, 4) is 0 Å². The fraction of sp³-hybridized carbons (Fsp3) is 0.429. The molecule has 0 bridgehead atoms.